The second-order valence-electron chi connectivity index (χ2n) is 8.55. The zero-order chi connectivity index (χ0) is 21.2. The minimum atomic E-state index is -4.43. The predicted molar refractivity (Wildman–Crippen MR) is 103 cm³/mol. The summed E-state index contributed by atoms with van der Waals surface area (Å²) in [6.45, 7) is 5.77. The van der Waals surface area contributed by atoms with Crippen molar-refractivity contribution in [3.63, 3.8) is 0 Å². The Morgan fingerprint density at radius 1 is 1.38 bits per heavy atom. The molecule has 0 radical (unpaired) electrons. The number of fused-ring (bicyclic) bond motifs is 1. The minimum absolute atomic E-state index is 0.0400. The van der Waals surface area contributed by atoms with Gasteiger partial charge >= 0.3 is 6.18 Å². The van der Waals surface area contributed by atoms with Gasteiger partial charge in [0.1, 0.15) is 0 Å². The highest BCUT2D eigenvalue weighted by atomic mass is 19.4. The van der Waals surface area contributed by atoms with Crippen LogP contribution in [0.2, 0.25) is 0 Å². The molecule has 3 atom stereocenters. The molecule has 1 aromatic heterocycles. The number of carbonyl (C=O) groups excluding carboxylic acids is 1. The minimum Gasteiger partial charge on any atom is -0.396 e. The van der Waals surface area contributed by atoms with E-state index in [1.54, 1.807) is 4.90 Å². The summed E-state index contributed by atoms with van der Waals surface area (Å²) in [5.74, 6) is 0.513. The molecule has 162 valence electrons. The van der Waals surface area contributed by atoms with Crippen molar-refractivity contribution < 1.29 is 23.1 Å². The van der Waals surface area contributed by atoms with Crippen LogP contribution in [-0.4, -0.2) is 46.6 Å². The highest BCUT2D eigenvalue weighted by Crippen LogP contribution is 2.39. The van der Waals surface area contributed by atoms with Crippen LogP contribution in [0.3, 0.4) is 0 Å². The zero-order valence-corrected chi connectivity index (χ0v) is 17.0. The van der Waals surface area contributed by atoms with Crippen molar-refractivity contribution in [3.8, 4) is 0 Å². The Bertz CT molecular complexity index is 724. The Hall–Kier alpha value is -1.67. The molecule has 29 heavy (non-hydrogen) atoms. The number of hydrogen-bond acceptors (Lipinski definition) is 4. The molecular formula is C21H30F3N3O2. The van der Waals surface area contributed by atoms with E-state index < -0.39 is 11.7 Å². The summed E-state index contributed by atoms with van der Waals surface area (Å²) in [7, 11) is 0. The van der Waals surface area contributed by atoms with E-state index in [0.717, 1.165) is 31.6 Å². The van der Waals surface area contributed by atoms with Crippen molar-refractivity contribution in [1.82, 2.24) is 15.2 Å². The molecule has 0 spiro atoms. The lowest BCUT2D eigenvalue weighted by Crippen LogP contribution is -2.42. The topological polar surface area (TPSA) is 65.5 Å². The number of carbonyl (C=O) groups is 1. The lowest BCUT2D eigenvalue weighted by molar-refractivity contribution is -0.138. The summed E-state index contributed by atoms with van der Waals surface area (Å²) in [6, 6.07) is 1.37. The van der Waals surface area contributed by atoms with Crippen molar-refractivity contribution >= 4 is 5.91 Å². The van der Waals surface area contributed by atoms with Crippen LogP contribution in [0.1, 0.15) is 49.9 Å². The molecule has 1 aromatic rings. The van der Waals surface area contributed by atoms with Gasteiger partial charge in [-0.3, -0.25) is 9.78 Å². The first kappa shape index (κ1) is 22.0. The normalized spacial score (nSPS) is 24.8. The molecule has 2 heterocycles. The molecule has 2 N–H and O–H groups in total. The smallest absolute Gasteiger partial charge is 0.396 e. The fourth-order valence-corrected chi connectivity index (χ4v) is 4.65. The number of aliphatic hydroxyl groups is 1. The van der Waals surface area contributed by atoms with Crippen molar-refractivity contribution in [3.05, 3.63) is 29.1 Å². The third-order valence-electron chi connectivity index (χ3n) is 6.23. The SMILES string of the molecule is CC(C)C1C[C@@H](NCCCO)C[C@H]1C(=O)N1CCc2ncc(C(F)(F)F)cc2C1. The lowest BCUT2D eigenvalue weighted by atomic mass is 9.85. The number of alkyl halides is 3. The average Bonchev–Trinajstić information content (AvgIpc) is 3.10. The molecule has 1 fully saturated rings. The monoisotopic (exact) mass is 413 g/mol. The van der Waals surface area contributed by atoms with Gasteiger partial charge in [0.25, 0.3) is 0 Å². The average molecular weight is 413 g/mol. The van der Waals surface area contributed by atoms with Crippen molar-refractivity contribution in [2.24, 2.45) is 17.8 Å². The summed E-state index contributed by atoms with van der Waals surface area (Å²) < 4.78 is 39.1. The van der Waals surface area contributed by atoms with Gasteiger partial charge in [-0.1, -0.05) is 13.8 Å². The number of nitrogens with zero attached hydrogens (tertiary/aromatic N) is 2. The largest absolute Gasteiger partial charge is 0.417 e. The van der Waals surface area contributed by atoms with Crippen LogP contribution in [0, 0.1) is 17.8 Å². The van der Waals surface area contributed by atoms with Crippen LogP contribution < -0.4 is 5.32 Å². The number of hydrogen-bond donors (Lipinski definition) is 2. The molecule has 1 aliphatic heterocycles. The Balaban J connectivity index is 1.71. The number of pyridine rings is 1. The molecule has 0 saturated heterocycles. The molecule has 1 saturated carbocycles. The number of rotatable bonds is 6. The first-order valence-electron chi connectivity index (χ1n) is 10.4. The molecule has 8 heteroatoms. The third kappa shape index (κ3) is 5.09. The van der Waals surface area contributed by atoms with Crippen molar-refractivity contribution in [1.29, 1.82) is 0 Å². The molecule has 1 aliphatic carbocycles. The highest BCUT2D eigenvalue weighted by Gasteiger charge is 2.42. The van der Waals surface area contributed by atoms with Gasteiger partial charge in [0.2, 0.25) is 5.91 Å². The van der Waals surface area contributed by atoms with Gasteiger partial charge in [-0.05, 0) is 49.3 Å². The summed E-state index contributed by atoms with van der Waals surface area (Å²) >= 11 is 0. The first-order chi connectivity index (χ1) is 13.7. The van der Waals surface area contributed by atoms with Gasteiger partial charge in [0.05, 0.1) is 5.56 Å². The number of halogens is 3. The highest BCUT2D eigenvalue weighted by molar-refractivity contribution is 5.80. The van der Waals surface area contributed by atoms with Crippen LogP contribution in [0.5, 0.6) is 0 Å². The van der Waals surface area contributed by atoms with Gasteiger partial charge in [-0.2, -0.15) is 13.2 Å². The van der Waals surface area contributed by atoms with E-state index in [-0.39, 0.29) is 36.9 Å². The fraction of sp³-hybridized carbons (Fsp3) is 0.714. The maximum absolute atomic E-state index is 13.3. The van der Waals surface area contributed by atoms with E-state index in [0.29, 0.717) is 36.6 Å². The van der Waals surface area contributed by atoms with E-state index in [1.165, 1.54) is 0 Å². The fourth-order valence-electron chi connectivity index (χ4n) is 4.65. The summed E-state index contributed by atoms with van der Waals surface area (Å²) in [6.07, 6.45) is -0.753. The quantitative estimate of drug-likeness (QED) is 0.704. The van der Waals surface area contributed by atoms with E-state index in [2.05, 4.69) is 24.1 Å². The molecule has 5 nitrogen and oxygen atoms in total. The maximum Gasteiger partial charge on any atom is 0.417 e. The van der Waals surface area contributed by atoms with E-state index in [9.17, 15) is 18.0 Å². The number of nitrogens with one attached hydrogen (secondary N) is 1. The van der Waals surface area contributed by atoms with E-state index in [1.807, 2.05) is 0 Å². The molecule has 2 aliphatic rings. The third-order valence-corrected chi connectivity index (χ3v) is 6.23. The van der Waals surface area contributed by atoms with Gasteiger partial charge in [-0.15, -0.1) is 0 Å². The van der Waals surface area contributed by atoms with E-state index >= 15 is 0 Å². The van der Waals surface area contributed by atoms with Gasteiger partial charge in [-0.25, -0.2) is 0 Å². The van der Waals surface area contributed by atoms with Crippen LogP contribution in [-0.2, 0) is 23.9 Å². The van der Waals surface area contributed by atoms with Crippen LogP contribution in [0.4, 0.5) is 13.2 Å². The molecule has 3 rings (SSSR count). The Morgan fingerprint density at radius 3 is 2.79 bits per heavy atom. The summed E-state index contributed by atoms with van der Waals surface area (Å²) in [4.78, 5) is 19.0. The molecule has 0 aromatic carbocycles. The van der Waals surface area contributed by atoms with Gasteiger partial charge in [0.15, 0.2) is 0 Å². The molecular weight excluding hydrogens is 383 g/mol. The first-order valence-corrected chi connectivity index (χ1v) is 10.4. The Kier molecular flexibility index (Phi) is 6.83. The Labute approximate surface area is 169 Å². The van der Waals surface area contributed by atoms with Crippen LogP contribution >= 0.6 is 0 Å². The second-order valence-corrected chi connectivity index (χ2v) is 8.55. The summed E-state index contributed by atoms with van der Waals surface area (Å²) in [5, 5.41) is 12.4. The van der Waals surface area contributed by atoms with Crippen LogP contribution in [0.25, 0.3) is 0 Å². The lowest BCUT2D eigenvalue weighted by Gasteiger charge is -2.33. The zero-order valence-electron chi connectivity index (χ0n) is 17.0. The number of aliphatic hydroxyl groups excluding tert-OH is 1. The van der Waals surface area contributed by atoms with Crippen molar-refractivity contribution in [2.75, 3.05) is 19.7 Å². The molecule has 1 unspecified atom stereocenters. The van der Waals surface area contributed by atoms with Gasteiger partial charge in [0, 0.05) is 50.0 Å². The van der Waals surface area contributed by atoms with Crippen molar-refractivity contribution in [2.45, 2.75) is 58.3 Å². The number of aromatic nitrogens is 1. The standard InChI is InChI=1S/C21H30F3N3O2/c1-13(2)17-9-16(25-5-3-7-28)10-18(17)20(29)27-6-4-19-14(12-27)8-15(11-26-19)21(22,23)24/h8,11,13,16-18,25,28H,3-7,9-10,12H2,1-2H3/t16-,17?,18-/m1/s1. The molecule has 0 bridgehead atoms. The maximum atomic E-state index is 13.3. The second kappa shape index (κ2) is 9.00. The van der Waals surface area contributed by atoms with E-state index in [4.69, 9.17) is 5.11 Å². The van der Waals surface area contributed by atoms with Crippen LogP contribution in [0.15, 0.2) is 12.3 Å². The summed E-state index contributed by atoms with van der Waals surface area (Å²) in [5.41, 5.74) is 0.383. The molecule has 1 amide bonds. The van der Waals surface area contributed by atoms with Gasteiger partial charge < -0.3 is 15.3 Å². The Morgan fingerprint density at radius 2 is 2.14 bits per heavy atom. The number of amides is 1. The predicted octanol–water partition coefficient (Wildman–Crippen LogP) is 3.01.